The van der Waals surface area contributed by atoms with Crippen molar-refractivity contribution in [2.75, 3.05) is 13.7 Å². The van der Waals surface area contributed by atoms with E-state index in [2.05, 4.69) is 4.74 Å². The van der Waals surface area contributed by atoms with Gasteiger partial charge in [0.25, 0.3) is 0 Å². The van der Waals surface area contributed by atoms with Crippen LogP contribution < -0.4 is 0 Å². The fraction of sp³-hybridized carbons (Fsp3) is 0.875. The number of methoxy groups -OCH3 is 1. The van der Waals surface area contributed by atoms with E-state index in [0.29, 0.717) is 6.42 Å². The first-order valence-electron chi connectivity index (χ1n) is 4.11. The maximum absolute atomic E-state index is 10.8. The van der Waals surface area contributed by atoms with E-state index in [1.807, 2.05) is 0 Å². The average molecular weight is 174 g/mol. The summed E-state index contributed by atoms with van der Waals surface area (Å²) in [5, 5.41) is 9.22. The Morgan fingerprint density at radius 1 is 1.83 bits per heavy atom. The zero-order valence-electron chi connectivity index (χ0n) is 7.16. The van der Waals surface area contributed by atoms with Crippen molar-refractivity contribution in [2.45, 2.75) is 31.5 Å². The standard InChI is InChI=1S/C8H14O4/c1-11-8(10)7(9)5-6-3-2-4-12-6/h6-7,9H,2-5H2,1H3/t6-,7?/m1/s1. The second-order valence-electron chi connectivity index (χ2n) is 2.91. The van der Waals surface area contributed by atoms with E-state index in [0.717, 1.165) is 19.4 Å². The normalized spacial score (nSPS) is 25.3. The molecule has 0 saturated carbocycles. The third-order valence-corrected chi connectivity index (χ3v) is 1.98. The molecule has 0 aromatic carbocycles. The Morgan fingerprint density at radius 2 is 2.58 bits per heavy atom. The van der Waals surface area contributed by atoms with Crippen molar-refractivity contribution in [1.82, 2.24) is 0 Å². The molecule has 0 aromatic rings. The van der Waals surface area contributed by atoms with Crippen molar-refractivity contribution in [1.29, 1.82) is 0 Å². The molecule has 1 aliphatic heterocycles. The Hall–Kier alpha value is -0.610. The van der Waals surface area contributed by atoms with E-state index < -0.39 is 12.1 Å². The van der Waals surface area contributed by atoms with E-state index in [9.17, 15) is 9.90 Å². The number of hydrogen-bond acceptors (Lipinski definition) is 4. The number of esters is 1. The van der Waals surface area contributed by atoms with Crippen molar-refractivity contribution in [2.24, 2.45) is 0 Å². The molecule has 1 rings (SSSR count). The minimum Gasteiger partial charge on any atom is -0.467 e. The highest BCUT2D eigenvalue weighted by atomic mass is 16.5. The van der Waals surface area contributed by atoms with E-state index in [1.54, 1.807) is 0 Å². The maximum atomic E-state index is 10.8. The molecule has 4 heteroatoms. The molecule has 12 heavy (non-hydrogen) atoms. The minimum absolute atomic E-state index is 0.0269. The number of hydrogen-bond donors (Lipinski definition) is 1. The Kier molecular flexibility index (Phi) is 3.49. The number of carbonyl (C=O) groups excluding carboxylic acids is 1. The van der Waals surface area contributed by atoms with Gasteiger partial charge in [0.15, 0.2) is 6.10 Å². The van der Waals surface area contributed by atoms with Gasteiger partial charge in [0.2, 0.25) is 0 Å². The lowest BCUT2D eigenvalue weighted by Gasteiger charge is -2.12. The predicted molar refractivity (Wildman–Crippen MR) is 41.6 cm³/mol. The number of aliphatic hydroxyl groups is 1. The molecule has 1 heterocycles. The highest BCUT2D eigenvalue weighted by Gasteiger charge is 2.24. The highest BCUT2D eigenvalue weighted by Crippen LogP contribution is 2.17. The van der Waals surface area contributed by atoms with Gasteiger partial charge in [-0.1, -0.05) is 0 Å². The van der Waals surface area contributed by atoms with Crippen LogP contribution in [-0.2, 0) is 14.3 Å². The second kappa shape index (κ2) is 4.42. The van der Waals surface area contributed by atoms with Crippen molar-refractivity contribution in [3.05, 3.63) is 0 Å². The molecule has 0 aliphatic carbocycles. The summed E-state index contributed by atoms with van der Waals surface area (Å²) in [6.07, 6.45) is 1.29. The van der Waals surface area contributed by atoms with Crippen LogP contribution in [0.4, 0.5) is 0 Å². The fourth-order valence-electron chi connectivity index (χ4n) is 1.31. The number of carbonyl (C=O) groups is 1. The number of aliphatic hydroxyl groups excluding tert-OH is 1. The summed E-state index contributed by atoms with van der Waals surface area (Å²) >= 11 is 0. The molecule has 0 amide bonds. The minimum atomic E-state index is -1.03. The molecule has 0 radical (unpaired) electrons. The summed E-state index contributed by atoms with van der Waals surface area (Å²) in [5.41, 5.74) is 0. The Labute approximate surface area is 71.5 Å². The van der Waals surface area contributed by atoms with Crippen molar-refractivity contribution >= 4 is 5.97 Å². The fourth-order valence-corrected chi connectivity index (χ4v) is 1.31. The first-order valence-corrected chi connectivity index (χ1v) is 4.11. The highest BCUT2D eigenvalue weighted by molar-refractivity contribution is 5.74. The molecule has 1 saturated heterocycles. The van der Waals surface area contributed by atoms with Crippen molar-refractivity contribution < 1.29 is 19.4 Å². The molecular formula is C8H14O4. The lowest BCUT2D eigenvalue weighted by Crippen LogP contribution is -2.26. The summed E-state index contributed by atoms with van der Waals surface area (Å²) < 4.78 is 9.63. The van der Waals surface area contributed by atoms with Crippen LogP contribution in [0, 0.1) is 0 Å². The molecule has 4 nitrogen and oxygen atoms in total. The smallest absolute Gasteiger partial charge is 0.334 e. The van der Waals surface area contributed by atoms with Crippen LogP contribution in [0.15, 0.2) is 0 Å². The van der Waals surface area contributed by atoms with Gasteiger partial charge in [-0.15, -0.1) is 0 Å². The molecule has 2 atom stereocenters. The van der Waals surface area contributed by atoms with E-state index >= 15 is 0 Å². The van der Waals surface area contributed by atoms with Gasteiger partial charge in [-0.2, -0.15) is 0 Å². The second-order valence-corrected chi connectivity index (χ2v) is 2.91. The molecule has 1 N–H and O–H groups in total. The molecule has 1 unspecified atom stereocenters. The van der Waals surface area contributed by atoms with E-state index in [1.165, 1.54) is 7.11 Å². The molecular weight excluding hydrogens is 160 g/mol. The Morgan fingerprint density at radius 3 is 3.08 bits per heavy atom. The first-order chi connectivity index (χ1) is 5.74. The molecule has 0 spiro atoms. The SMILES string of the molecule is COC(=O)C(O)C[C@H]1CCCO1. The van der Waals surface area contributed by atoms with E-state index in [-0.39, 0.29) is 6.10 Å². The van der Waals surface area contributed by atoms with Crippen LogP contribution in [0.5, 0.6) is 0 Å². The van der Waals surface area contributed by atoms with Gasteiger partial charge >= 0.3 is 5.97 Å². The lowest BCUT2D eigenvalue weighted by molar-refractivity contribution is -0.152. The third-order valence-electron chi connectivity index (χ3n) is 1.98. The summed E-state index contributed by atoms with van der Waals surface area (Å²) in [5.74, 6) is -0.578. The van der Waals surface area contributed by atoms with Gasteiger partial charge in [0, 0.05) is 13.0 Å². The molecule has 70 valence electrons. The van der Waals surface area contributed by atoms with Gasteiger partial charge < -0.3 is 14.6 Å². The van der Waals surface area contributed by atoms with Gasteiger partial charge in [0.1, 0.15) is 0 Å². The van der Waals surface area contributed by atoms with Gasteiger partial charge in [-0.3, -0.25) is 0 Å². The van der Waals surface area contributed by atoms with Crippen LogP contribution in [0.3, 0.4) is 0 Å². The Balaban J connectivity index is 2.24. The third kappa shape index (κ3) is 2.46. The summed E-state index contributed by atoms with van der Waals surface area (Å²) in [6, 6.07) is 0. The van der Waals surface area contributed by atoms with Crippen LogP contribution in [0.25, 0.3) is 0 Å². The van der Waals surface area contributed by atoms with Crippen molar-refractivity contribution in [3.8, 4) is 0 Å². The Bertz CT molecular complexity index is 151. The van der Waals surface area contributed by atoms with Crippen LogP contribution in [0.1, 0.15) is 19.3 Å². The van der Waals surface area contributed by atoms with Crippen molar-refractivity contribution in [3.63, 3.8) is 0 Å². The average Bonchev–Trinajstić information content (AvgIpc) is 2.55. The zero-order chi connectivity index (χ0) is 8.97. The predicted octanol–water partition coefficient (Wildman–Crippen LogP) is 0.0894. The lowest BCUT2D eigenvalue weighted by atomic mass is 10.1. The van der Waals surface area contributed by atoms with Gasteiger partial charge in [-0.05, 0) is 12.8 Å². The monoisotopic (exact) mass is 174 g/mol. The molecule has 0 aromatic heterocycles. The van der Waals surface area contributed by atoms with Crippen LogP contribution in [0.2, 0.25) is 0 Å². The van der Waals surface area contributed by atoms with E-state index in [4.69, 9.17) is 4.74 Å². The number of ether oxygens (including phenoxy) is 2. The summed E-state index contributed by atoms with van der Waals surface area (Å²) in [6.45, 7) is 0.735. The summed E-state index contributed by atoms with van der Waals surface area (Å²) in [4.78, 5) is 10.8. The van der Waals surface area contributed by atoms with Gasteiger partial charge in [-0.25, -0.2) is 4.79 Å². The van der Waals surface area contributed by atoms with Gasteiger partial charge in [0.05, 0.1) is 13.2 Å². The quantitative estimate of drug-likeness (QED) is 0.616. The zero-order valence-corrected chi connectivity index (χ0v) is 7.16. The largest absolute Gasteiger partial charge is 0.467 e. The topological polar surface area (TPSA) is 55.8 Å². The maximum Gasteiger partial charge on any atom is 0.334 e. The first kappa shape index (κ1) is 9.48. The van der Waals surface area contributed by atoms with Crippen LogP contribution >= 0.6 is 0 Å². The molecule has 1 fully saturated rings. The molecule has 0 bridgehead atoms. The molecule has 1 aliphatic rings. The summed E-state index contributed by atoms with van der Waals surface area (Å²) in [7, 11) is 1.26. The van der Waals surface area contributed by atoms with Crippen LogP contribution in [-0.4, -0.2) is 37.0 Å². The number of rotatable bonds is 3.